The van der Waals surface area contributed by atoms with Gasteiger partial charge in [0.05, 0.1) is 0 Å². The van der Waals surface area contributed by atoms with Crippen molar-refractivity contribution in [2.24, 2.45) is 0 Å². The Hall–Kier alpha value is -1.17. The molecule has 0 aliphatic heterocycles. The molecule has 0 fully saturated rings. The molecule has 0 bridgehead atoms. The molecule has 2 aromatic carbocycles. The van der Waals surface area contributed by atoms with Crippen molar-refractivity contribution >= 4 is 36.0 Å². The molecule has 0 saturated heterocycles. The van der Waals surface area contributed by atoms with Gasteiger partial charge in [0, 0.05) is 0 Å². The maximum absolute atomic E-state index is 2.34. The average Bonchev–Trinajstić information content (AvgIpc) is 2.26. The van der Waals surface area contributed by atoms with Gasteiger partial charge in [0.1, 0.15) is 0 Å². The van der Waals surface area contributed by atoms with Crippen LogP contribution in [0.15, 0.2) is 52.3 Å². The summed E-state index contributed by atoms with van der Waals surface area (Å²) in [5.41, 5.74) is 0. The third-order valence-electron chi connectivity index (χ3n) is 2.47. The molecule has 0 aliphatic carbocycles. The zero-order valence-electron chi connectivity index (χ0n) is 7.60. The Morgan fingerprint density at radius 2 is 1.36 bits per heavy atom. The van der Waals surface area contributed by atoms with E-state index >= 15 is 0 Å². The molecule has 1 heterocycles. The van der Waals surface area contributed by atoms with Crippen LogP contribution < -0.4 is 0 Å². The summed E-state index contributed by atoms with van der Waals surface area (Å²) in [5, 5.41) is 5.43. The van der Waals surface area contributed by atoms with Crippen molar-refractivity contribution in [3.05, 3.63) is 52.3 Å². The predicted octanol–water partition coefficient (Wildman–Crippen LogP) is 3.33. The third-order valence-corrected chi connectivity index (χ3v) is 3.91. The van der Waals surface area contributed by atoms with Crippen molar-refractivity contribution < 1.29 is 0 Å². The van der Waals surface area contributed by atoms with Gasteiger partial charge in [-0.3, -0.25) is 0 Å². The molecular formula is C13H9Se+. The molecule has 3 aromatic rings. The van der Waals surface area contributed by atoms with Gasteiger partial charge >= 0.3 is 88.4 Å². The van der Waals surface area contributed by atoms with E-state index in [4.69, 9.17) is 0 Å². The van der Waals surface area contributed by atoms with Gasteiger partial charge in [-0.1, -0.05) is 0 Å². The van der Waals surface area contributed by atoms with Crippen molar-refractivity contribution in [1.82, 2.24) is 0 Å². The monoisotopic (exact) mass is 245 g/mol. The fraction of sp³-hybridized carbons (Fsp3) is 0. The van der Waals surface area contributed by atoms with Crippen molar-refractivity contribution in [3.63, 3.8) is 0 Å². The van der Waals surface area contributed by atoms with Crippen LogP contribution in [-0.2, 0) is 0 Å². The van der Waals surface area contributed by atoms with E-state index in [0.717, 1.165) is 0 Å². The van der Waals surface area contributed by atoms with Crippen molar-refractivity contribution in [1.29, 1.82) is 0 Å². The summed E-state index contributed by atoms with van der Waals surface area (Å²) in [7, 11) is 0. The fourth-order valence-corrected chi connectivity index (χ4v) is 3.12. The predicted molar refractivity (Wildman–Crippen MR) is 62.8 cm³/mol. The summed E-state index contributed by atoms with van der Waals surface area (Å²) < 4.78 is 0. The Kier molecular flexibility index (Phi) is 1.86. The molecule has 0 saturated carbocycles. The van der Waals surface area contributed by atoms with Crippen LogP contribution in [0.4, 0.5) is 0 Å². The van der Waals surface area contributed by atoms with E-state index in [1.807, 2.05) is 0 Å². The van der Waals surface area contributed by atoms with Crippen molar-refractivity contribution in [2.75, 3.05) is 0 Å². The molecule has 14 heavy (non-hydrogen) atoms. The van der Waals surface area contributed by atoms with Crippen LogP contribution in [-0.4, -0.2) is 14.5 Å². The topological polar surface area (TPSA) is 0 Å². The van der Waals surface area contributed by atoms with Gasteiger partial charge in [-0.15, -0.1) is 0 Å². The van der Waals surface area contributed by atoms with Crippen LogP contribution in [0, 0.1) is 0 Å². The Labute approximate surface area is 88.6 Å². The van der Waals surface area contributed by atoms with Crippen LogP contribution in [0.5, 0.6) is 0 Å². The SMILES string of the molecule is c1ccc2cc3c[se+]ccc3cc2c1. The number of fused-ring (bicyclic) bond motifs is 2. The molecule has 3 rings (SSSR count). The first-order valence-corrected chi connectivity index (χ1v) is 6.59. The van der Waals surface area contributed by atoms with E-state index in [1.165, 1.54) is 21.5 Å². The quantitative estimate of drug-likeness (QED) is 0.420. The second kappa shape index (κ2) is 3.20. The summed E-state index contributed by atoms with van der Waals surface area (Å²) in [6.07, 6.45) is 0. The third kappa shape index (κ3) is 1.26. The Morgan fingerprint density at radius 3 is 2.14 bits per heavy atom. The van der Waals surface area contributed by atoms with Crippen molar-refractivity contribution in [2.45, 2.75) is 0 Å². The molecule has 0 radical (unpaired) electrons. The normalized spacial score (nSPS) is 10.9. The zero-order valence-corrected chi connectivity index (χ0v) is 9.32. The van der Waals surface area contributed by atoms with Crippen LogP contribution in [0.1, 0.15) is 0 Å². The summed E-state index contributed by atoms with van der Waals surface area (Å²) >= 11 is 0.551. The van der Waals surface area contributed by atoms with Crippen LogP contribution in [0.3, 0.4) is 0 Å². The van der Waals surface area contributed by atoms with E-state index in [1.54, 1.807) is 0 Å². The Morgan fingerprint density at radius 1 is 0.714 bits per heavy atom. The standard InChI is InChI=1S/C13H9Se/c1-2-4-11-8-13-9-14-6-5-12(13)7-10(11)3-1/h1-9H/q+1. The van der Waals surface area contributed by atoms with Gasteiger partial charge in [-0.25, -0.2) is 0 Å². The first-order valence-electron chi connectivity index (χ1n) is 4.61. The molecule has 0 aliphatic rings. The van der Waals surface area contributed by atoms with Gasteiger partial charge in [0.15, 0.2) is 0 Å². The molecule has 1 heteroatoms. The van der Waals surface area contributed by atoms with Crippen molar-refractivity contribution in [3.8, 4) is 0 Å². The summed E-state index contributed by atoms with van der Waals surface area (Å²) in [4.78, 5) is 4.61. The van der Waals surface area contributed by atoms with Crippen LogP contribution in [0.2, 0.25) is 0 Å². The number of rotatable bonds is 0. The van der Waals surface area contributed by atoms with E-state index in [9.17, 15) is 0 Å². The van der Waals surface area contributed by atoms with Gasteiger partial charge in [-0.2, -0.15) is 0 Å². The van der Waals surface area contributed by atoms with E-state index in [-0.39, 0.29) is 0 Å². The minimum absolute atomic E-state index is 0.551. The number of hydrogen-bond acceptors (Lipinski definition) is 0. The Balaban J connectivity index is 2.52. The molecule has 0 atom stereocenters. The van der Waals surface area contributed by atoms with Gasteiger partial charge in [-0.05, 0) is 0 Å². The van der Waals surface area contributed by atoms with Gasteiger partial charge in [0.25, 0.3) is 0 Å². The average molecular weight is 244 g/mol. The van der Waals surface area contributed by atoms with E-state index in [2.05, 4.69) is 52.3 Å². The van der Waals surface area contributed by atoms with Crippen LogP contribution in [0.25, 0.3) is 21.5 Å². The number of benzene rings is 2. The molecule has 0 nitrogen and oxygen atoms in total. The minimum atomic E-state index is 0.551. The molecule has 0 spiro atoms. The summed E-state index contributed by atoms with van der Waals surface area (Å²) in [6, 6.07) is 15.3. The van der Waals surface area contributed by atoms with Gasteiger partial charge < -0.3 is 0 Å². The van der Waals surface area contributed by atoms with E-state index in [0.29, 0.717) is 14.5 Å². The van der Waals surface area contributed by atoms with Crippen LogP contribution >= 0.6 is 0 Å². The second-order valence-electron chi connectivity index (χ2n) is 3.38. The first-order chi connectivity index (χ1) is 6.93. The summed E-state index contributed by atoms with van der Waals surface area (Å²) in [5.74, 6) is 0. The summed E-state index contributed by atoms with van der Waals surface area (Å²) in [6.45, 7) is 0. The zero-order chi connectivity index (χ0) is 9.38. The molecular weight excluding hydrogens is 235 g/mol. The first kappa shape index (κ1) is 8.16. The molecule has 66 valence electrons. The second-order valence-corrected chi connectivity index (χ2v) is 5.02. The Bertz CT molecular complexity index is 494. The molecule has 0 amide bonds. The van der Waals surface area contributed by atoms with E-state index < -0.39 is 0 Å². The van der Waals surface area contributed by atoms with Gasteiger partial charge in [0.2, 0.25) is 0 Å². The molecule has 1 aromatic heterocycles. The molecule has 0 N–H and O–H groups in total. The fourth-order valence-electron chi connectivity index (χ4n) is 1.75. The molecule has 0 unspecified atom stereocenters. The number of hydrogen-bond donors (Lipinski definition) is 0. The maximum atomic E-state index is 2.34.